The Bertz CT molecular complexity index is 793. The minimum absolute atomic E-state index is 0.254. The number of carbonyl (C=O) groups excluding carboxylic acids is 2. The topological polar surface area (TPSA) is 64.6 Å². The van der Waals surface area contributed by atoms with Crippen LogP contribution < -0.4 is 10.1 Å². The normalized spacial score (nSPS) is 11.6. The molecule has 138 valence electrons. The van der Waals surface area contributed by atoms with Crippen molar-refractivity contribution in [3.8, 4) is 5.75 Å². The monoisotopic (exact) mass is 355 g/mol. The maximum atomic E-state index is 12.4. The quantitative estimate of drug-likeness (QED) is 0.789. The van der Waals surface area contributed by atoms with Gasteiger partial charge < -0.3 is 14.8 Å². The van der Waals surface area contributed by atoms with Gasteiger partial charge in [0.1, 0.15) is 5.75 Å². The van der Waals surface area contributed by atoms with Crippen molar-refractivity contribution >= 4 is 17.6 Å². The molecule has 1 amide bonds. The van der Waals surface area contributed by atoms with Gasteiger partial charge in [0.05, 0.1) is 12.2 Å². The minimum Gasteiger partial charge on any atom is -0.481 e. The highest BCUT2D eigenvalue weighted by Crippen LogP contribution is 2.20. The molecule has 0 heterocycles. The number of nitrogens with one attached hydrogen (secondary N) is 1. The van der Waals surface area contributed by atoms with E-state index in [1.807, 2.05) is 39.0 Å². The fourth-order valence-electron chi connectivity index (χ4n) is 2.64. The van der Waals surface area contributed by atoms with Gasteiger partial charge in [-0.1, -0.05) is 6.07 Å². The SMILES string of the molecule is CCOC(=O)c1ccc(NC(=O)C(C)Oc2cc(C)cc(C)c2)c(C)c1. The largest absolute Gasteiger partial charge is 0.481 e. The van der Waals surface area contributed by atoms with E-state index in [4.69, 9.17) is 9.47 Å². The number of anilines is 1. The van der Waals surface area contributed by atoms with Crippen LogP contribution >= 0.6 is 0 Å². The van der Waals surface area contributed by atoms with Gasteiger partial charge in [0, 0.05) is 5.69 Å². The van der Waals surface area contributed by atoms with E-state index in [2.05, 4.69) is 5.32 Å². The Morgan fingerprint density at radius 1 is 1.04 bits per heavy atom. The first-order chi connectivity index (χ1) is 12.3. The molecule has 1 N–H and O–H groups in total. The van der Waals surface area contributed by atoms with E-state index in [0.717, 1.165) is 16.7 Å². The van der Waals surface area contributed by atoms with Crippen LogP contribution in [0.5, 0.6) is 5.75 Å². The highest BCUT2D eigenvalue weighted by molar-refractivity contribution is 5.96. The third-order valence-corrected chi connectivity index (χ3v) is 3.87. The van der Waals surface area contributed by atoms with Crippen molar-refractivity contribution in [3.05, 3.63) is 58.7 Å². The highest BCUT2D eigenvalue weighted by atomic mass is 16.5. The predicted octanol–water partition coefficient (Wildman–Crippen LogP) is 4.19. The average molecular weight is 355 g/mol. The molecule has 2 aromatic carbocycles. The van der Waals surface area contributed by atoms with Crippen molar-refractivity contribution in [2.45, 2.75) is 40.7 Å². The summed E-state index contributed by atoms with van der Waals surface area (Å²) in [6, 6.07) is 10.9. The number of amides is 1. The zero-order chi connectivity index (χ0) is 19.3. The molecule has 2 rings (SSSR count). The summed E-state index contributed by atoms with van der Waals surface area (Å²) in [5.74, 6) is 0.0377. The minimum atomic E-state index is -0.652. The molecule has 0 aromatic heterocycles. The molecule has 0 radical (unpaired) electrons. The van der Waals surface area contributed by atoms with E-state index in [1.54, 1.807) is 32.0 Å². The van der Waals surface area contributed by atoms with E-state index in [0.29, 0.717) is 23.6 Å². The molecule has 1 unspecified atom stereocenters. The van der Waals surface area contributed by atoms with Gasteiger partial charge in [0.25, 0.3) is 5.91 Å². The van der Waals surface area contributed by atoms with Gasteiger partial charge in [0.15, 0.2) is 6.10 Å². The lowest BCUT2D eigenvalue weighted by atomic mass is 10.1. The average Bonchev–Trinajstić information content (AvgIpc) is 2.55. The lowest BCUT2D eigenvalue weighted by molar-refractivity contribution is -0.122. The first kappa shape index (κ1) is 19.5. The van der Waals surface area contributed by atoms with Crippen molar-refractivity contribution in [2.75, 3.05) is 11.9 Å². The fourth-order valence-corrected chi connectivity index (χ4v) is 2.64. The number of ether oxygens (including phenoxy) is 2. The molecule has 0 fully saturated rings. The number of carbonyl (C=O) groups is 2. The maximum Gasteiger partial charge on any atom is 0.338 e. The second-order valence-electron chi connectivity index (χ2n) is 6.32. The molecule has 0 bridgehead atoms. The van der Waals surface area contributed by atoms with Gasteiger partial charge in [-0.3, -0.25) is 4.79 Å². The Kier molecular flexibility index (Phi) is 6.39. The first-order valence-corrected chi connectivity index (χ1v) is 8.63. The number of hydrogen-bond acceptors (Lipinski definition) is 4. The molecule has 1 atom stereocenters. The van der Waals surface area contributed by atoms with Gasteiger partial charge in [0.2, 0.25) is 0 Å². The standard InChI is InChI=1S/C21H25NO4/c1-6-25-21(24)17-7-8-19(15(4)12-17)22-20(23)16(5)26-18-10-13(2)9-14(3)11-18/h7-12,16H,6H2,1-5H3,(H,22,23). The van der Waals surface area contributed by atoms with Crippen LogP contribution in [0.15, 0.2) is 36.4 Å². The van der Waals surface area contributed by atoms with Crippen molar-refractivity contribution < 1.29 is 19.1 Å². The van der Waals surface area contributed by atoms with E-state index in [1.165, 1.54) is 0 Å². The summed E-state index contributed by atoms with van der Waals surface area (Å²) in [4.78, 5) is 24.2. The van der Waals surface area contributed by atoms with Crippen molar-refractivity contribution in [3.63, 3.8) is 0 Å². The third-order valence-electron chi connectivity index (χ3n) is 3.87. The summed E-state index contributed by atoms with van der Waals surface area (Å²) in [6.07, 6.45) is -0.652. The van der Waals surface area contributed by atoms with Crippen LogP contribution in [0.4, 0.5) is 5.69 Å². The van der Waals surface area contributed by atoms with E-state index in [9.17, 15) is 9.59 Å². The van der Waals surface area contributed by atoms with Crippen LogP contribution in [0, 0.1) is 20.8 Å². The van der Waals surface area contributed by atoms with Gasteiger partial charge in [-0.05, 0) is 81.6 Å². The number of rotatable bonds is 6. The Balaban J connectivity index is 2.05. The number of benzene rings is 2. The fraction of sp³-hybridized carbons (Fsp3) is 0.333. The van der Waals surface area contributed by atoms with E-state index >= 15 is 0 Å². The van der Waals surface area contributed by atoms with E-state index in [-0.39, 0.29) is 11.9 Å². The van der Waals surface area contributed by atoms with Gasteiger partial charge in [-0.15, -0.1) is 0 Å². The summed E-state index contributed by atoms with van der Waals surface area (Å²) in [5.41, 5.74) is 4.04. The van der Waals surface area contributed by atoms with Gasteiger partial charge in [-0.2, -0.15) is 0 Å². The maximum absolute atomic E-state index is 12.4. The molecule has 5 heteroatoms. The summed E-state index contributed by atoms with van der Waals surface area (Å²) < 4.78 is 10.7. The number of aryl methyl sites for hydroxylation is 3. The smallest absolute Gasteiger partial charge is 0.338 e. The molecule has 0 aliphatic heterocycles. The van der Waals surface area contributed by atoms with Crippen LogP contribution in [0.25, 0.3) is 0 Å². The lowest BCUT2D eigenvalue weighted by Crippen LogP contribution is -2.30. The number of hydrogen-bond donors (Lipinski definition) is 1. The lowest BCUT2D eigenvalue weighted by Gasteiger charge is -2.17. The van der Waals surface area contributed by atoms with Crippen LogP contribution in [0.3, 0.4) is 0 Å². The Labute approximate surface area is 154 Å². The van der Waals surface area contributed by atoms with Crippen LogP contribution in [-0.2, 0) is 9.53 Å². The predicted molar refractivity (Wildman–Crippen MR) is 102 cm³/mol. The van der Waals surface area contributed by atoms with Crippen LogP contribution in [0.1, 0.15) is 40.9 Å². The second-order valence-corrected chi connectivity index (χ2v) is 6.32. The summed E-state index contributed by atoms with van der Waals surface area (Å²) >= 11 is 0. The summed E-state index contributed by atoms with van der Waals surface area (Å²) in [7, 11) is 0. The van der Waals surface area contributed by atoms with Crippen LogP contribution in [0.2, 0.25) is 0 Å². The molecule has 5 nitrogen and oxygen atoms in total. The molecule has 0 spiro atoms. The van der Waals surface area contributed by atoms with Gasteiger partial charge >= 0.3 is 5.97 Å². The molecule has 2 aromatic rings. The Morgan fingerprint density at radius 2 is 1.69 bits per heavy atom. The summed E-state index contributed by atoms with van der Waals surface area (Å²) in [5, 5.41) is 2.84. The molecule has 0 aliphatic carbocycles. The molecule has 26 heavy (non-hydrogen) atoms. The van der Waals surface area contributed by atoms with Crippen molar-refractivity contribution in [2.24, 2.45) is 0 Å². The molecular formula is C21H25NO4. The van der Waals surface area contributed by atoms with Crippen LogP contribution in [-0.4, -0.2) is 24.6 Å². The zero-order valence-electron chi connectivity index (χ0n) is 15.9. The van der Waals surface area contributed by atoms with E-state index < -0.39 is 6.10 Å². The van der Waals surface area contributed by atoms with Crippen molar-refractivity contribution in [1.82, 2.24) is 0 Å². The number of esters is 1. The highest BCUT2D eigenvalue weighted by Gasteiger charge is 2.17. The van der Waals surface area contributed by atoms with Gasteiger partial charge in [-0.25, -0.2) is 4.79 Å². The molecule has 0 saturated heterocycles. The Hall–Kier alpha value is -2.82. The van der Waals surface area contributed by atoms with Crippen molar-refractivity contribution in [1.29, 1.82) is 0 Å². The Morgan fingerprint density at radius 3 is 2.27 bits per heavy atom. The molecule has 0 saturated carbocycles. The zero-order valence-corrected chi connectivity index (χ0v) is 15.9. The molecular weight excluding hydrogens is 330 g/mol. The summed E-state index contributed by atoms with van der Waals surface area (Å²) in [6.45, 7) is 9.58. The first-order valence-electron chi connectivity index (χ1n) is 8.63. The third kappa shape index (κ3) is 5.09. The second kappa shape index (κ2) is 8.52. The molecule has 0 aliphatic rings.